The number of benzene rings is 2. The lowest BCUT2D eigenvalue weighted by molar-refractivity contribution is -0.134. The number of carbonyl (C=O) groups excluding carboxylic acids is 2. The Morgan fingerprint density at radius 1 is 1.07 bits per heavy atom. The number of H-pyrrole nitrogens is 1. The molecule has 1 fully saturated rings. The first-order chi connectivity index (χ1) is 14.6. The van der Waals surface area contributed by atoms with E-state index in [2.05, 4.69) is 15.5 Å². The third-order valence-corrected chi connectivity index (χ3v) is 5.15. The summed E-state index contributed by atoms with van der Waals surface area (Å²) in [4.78, 5) is 26.7. The number of halogens is 1. The highest BCUT2D eigenvalue weighted by Crippen LogP contribution is 2.21. The number of carbonyl (C=O) groups is 2. The summed E-state index contributed by atoms with van der Waals surface area (Å²) in [5.74, 6) is -0.206. The third kappa shape index (κ3) is 4.87. The van der Waals surface area contributed by atoms with E-state index in [1.54, 1.807) is 30.3 Å². The lowest BCUT2D eigenvalue weighted by atomic mass is 10.1. The topological polar surface area (TPSA) is 87.3 Å². The molecule has 1 saturated heterocycles. The molecule has 0 saturated carbocycles. The van der Waals surface area contributed by atoms with Crippen molar-refractivity contribution in [2.45, 2.75) is 6.42 Å². The van der Waals surface area contributed by atoms with Gasteiger partial charge >= 0.3 is 0 Å². The van der Waals surface area contributed by atoms with E-state index >= 15 is 0 Å². The molecule has 0 spiro atoms. The maximum Gasteiger partial charge on any atom is 0.273 e. The minimum atomic E-state index is -0.292. The summed E-state index contributed by atoms with van der Waals surface area (Å²) >= 11 is 5.91. The zero-order valence-electron chi connectivity index (χ0n) is 16.2. The first-order valence-electron chi connectivity index (χ1n) is 9.66. The van der Waals surface area contributed by atoms with Gasteiger partial charge in [0, 0.05) is 29.4 Å². The number of nitrogens with zero attached hydrogens (tertiary/aromatic N) is 2. The fourth-order valence-electron chi connectivity index (χ4n) is 3.21. The quantitative estimate of drug-likeness (QED) is 0.657. The van der Waals surface area contributed by atoms with Crippen LogP contribution < -0.4 is 5.32 Å². The summed E-state index contributed by atoms with van der Waals surface area (Å²) in [6.07, 6.45) is 0.333. The number of ether oxygens (including phenoxy) is 1. The lowest BCUT2D eigenvalue weighted by Crippen LogP contribution is -2.41. The zero-order valence-corrected chi connectivity index (χ0v) is 17.0. The molecular formula is C22H21ClN4O3. The lowest BCUT2D eigenvalue weighted by Gasteiger charge is -2.26. The van der Waals surface area contributed by atoms with Crippen LogP contribution in [0.1, 0.15) is 16.1 Å². The van der Waals surface area contributed by atoms with Crippen LogP contribution in [0.3, 0.4) is 0 Å². The van der Waals surface area contributed by atoms with Gasteiger partial charge in [-0.3, -0.25) is 14.7 Å². The molecular weight excluding hydrogens is 404 g/mol. The summed E-state index contributed by atoms with van der Waals surface area (Å²) in [5.41, 5.74) is 3.42. The normalized spacial score (nSPS) is 13.8. The smallest absolute Gasteiger partial charge is 0.273 e. The summed E-state index contributed by atoms with van der Waals surface area (Å²) < 4.78 is 5.27. The monoisotopic (exact) mass is 424 g/mol. The molecule has 7 nitrogen and oxygen atoms in total. The highest BCUT2D eigenvalue weighted by Gasteiger charge is 2.17. The van der Waals surface area contributed by atoms with Crippen LogP contribution in [0.4, 0.5) is 5.69 Å². The Morgan fingerprint density at radius 2 is 1.77 bits per heavy atom. The van der Waals surface area contributed by atoms with Crippen molar-refractivity contribution in [1.82, 2.24) is 15.1 Å². The van der Waals surface area contributed by atoms with Crippen molar-refractivity contribution >= 4 is 29.1 Å². The Hall–Kier alpha value is -3.16. The van der Waals surface area contributed by atoms with Crippen LogP contribution in [0.5, 0.6) is 0 Å². The SMILES string of the molecule is O=C(Nc1ccc(CC(=O)N2CCOCC2)cc1)c1cc(-c2ccc(Cl)cc2)n[nH]1. The number of hydrogen-bond donors (Lipinski definition) is 2. The standard InChI is InChI=1S/C22H21ClN4O3/c23-17-5-3-16(4-6-17)19-14-20(26-25-19)22(29)24-18-7-1-15(2-8-18)13-21(28)27-9-11-30-12-10-27/h1-8,14H,9-13H2,(H,24,29)(H,25,26). The summed E-state index contributed by atoms with van der Waals surface area (Å²) in [5, 5.41) is 10.4. The van der Waals surface area contributed by atoms with Gasteiger partial charge in [-0.1, -0.05) is 35.9 Å². The molecule has 154 valence electrons. The summed E-state index contributed by atoms with van der Waals surface area (Å²) in [7, 11) is 0. The second kappa shape index (κ2) is 9.11. The minimum Gasteiger partial charge on any atom is -0.378 e. The predicted molar refractivity (Wildman–Crippen MR) is 115 cm³/mol. The molecule has 0 radical (unpaired) electrons. The average Bonchev–Trinajstić information content (AvgIpc) is 3.27. The van der Waals surface area contributed by atoms with Crippen LogP contribution in [0.15, 0.2) is 54.6 Å². The largest absolute Gasteiger partial charge is 0.378 e. The molecule has 0 aliphatic carbocycles. The number of morpholine rings is 1. The van der Waals surface area contributed by atoms with E-state index < -0.39 is 0 Å². The second-order valence-corrected chi connectivity index (χ2v) is 7.43. The minimum absolute atomic E-state index is 0.0854. The Morgan fingerprint density at radius 3 is 2.47 bits per heavy atom. The van der Waals surface area contributed by atoms with Crippen LogP contribution in [-0.2, 0) is 16.0 Å². The van der Waals surface area contributed by atoms with Gasteiger partial charge in [0.1, 0.15) is 5.69 Å². The van der Waals surface area contributed by atoms with E-state index in [4.69, 9.17) is 16.3 Å². The number of amides is 2. The van der Waals surface area contributed by atoms with Gasteiger partial charge < -0.3 is 15.0 Å². The molecule has 1 aliphatic heterocycles. The van der Waals surface area contributed by atoms with Gasteiger partial charge in [0.2, 0.25) is 5.91 Å². The van der Waals surface area contributed by atoms with Crippen molar-refractivity contribution in [3.05, 3.63) is 70.9 Å². The first kappa shape index (κ1) is 20.1. The zero-order chi connectivity index (χ0) is 20.9. The number of nitrogens with one attached hydrogen (secondary N) is 2. The van der Waals surface area contributed by atoms with Gasteiger partial charge in [-0.2, -0.15) is 5.10 Å². The summed E-state index contributed by atoms with van der Waals surface area (Å²) in [6, 6.07) is 16.2. The van der Waals surface area contributed by atoms with Crippen LogP contribution in [0.2, 0.25) is 5.02 Å². The predicted octanol–water partition coefficient (Wildman–Crippen LogP) is 3.38. The first-order valence-corrected chi connectivity index (χ1v) is 10.0. The van der Waals surface area contributed by atoms with E-state index in [1.807, 2.05) is 29.2 Å². The van der Waals surface area contributed by atoms with E-state index in [1.165, 1.54) is 0 Å². The molecule has 0 unspecified atom stereocenters. The third-order valence-electron chi connectivity index (χ3n) is 4.89. The van der Waals surface area contributed by atoms with Crippen molar-refractivity contribution in [2.75, 3.05) is 31.6 Å². The van der Waals surface area contributed by atoms with E-state index in [9.17, 15) is 9.59 Å². The molecule has 2 amide bonds. The molecule has 2 aromatic carbocycles. The van der Waals surface area contributed by atoms with Crippen molar-refractivity contribution in [3.63, 3.8) is 0 Å². The molecule has 1 aromatic heterocycles. The van der Waals surface area contributed by atoms with Gasteiger partial charge in [-0.15, -0.1) is 0 Å². The van der Waals surface area contributed by atoms with Crippen molar-refractivity contribution in [2.24, 2.45) is 0 Å². The van der Waals surface area contributed by atoms with Crippen LogP contribution >= 0.6 is 11.6 Å². The van der Waals surface area contributed by atoms with Gasteiger partial charge in [0.25, 0.3) is 5.91 Å². The molecule has 0 atom stereocenters. The molecule has 2 N–H and O–H groups in total. The number of aromatic amines is 1. The van der Waals surface area contributed by atoms with E-state index in [0.717, 1.165) is 11.1 Å². The molecule has 3 aromatic rings. The maximum atomic E-state index is 12.5. The van der Waals surface area contributed by atoms with E-state index in [0.29, 0.717) is 54.8 Å². The van der Waals surface area contributed by atoms with Crippen molar-refractivity contribution in [1.29, 1.82) is 0 Å². The van der Waals surface area contributed by atoms with Gasteiger partial charge in [-0.25, -0.2) is 0 Å². The van der Waals surface area contributed by atoms with Crippen LogP contribution in [0.25, 0.3) is 11.3 Å². The Bertz CT molecular complexity index is 1030. The average molecular weight is 425 g/mol. The van der Waals surface area contributed by atoms with E-state index in [-0.39, 0.29) is 11.8 Å². The van der Waals surface area contributed by atoms with Crippen molar-refractivity contribution < 1.29 is 14.3 Å². The van der Waals surface area contributed by atoms with Gasteiger partial charge in [-0.05, 0) is 35.9 Å². The molecule has 0 bridgehead atoms. The molecule has 8 heteroatoms. The Balaban J connectivity index is 1.35. The number of aromatic nitrogens is 2. The fraction of sp³-hybridized carbons (Fsp3) is 0.227. The maximum absolute atomic E-state index is 12.5. The number of anilines is 1. The van der Waals surface area contributed by atoms with Crippen molar-refractivity contribution in [3.8, 4) is 11.3 Å². The summed E-state index contributed by atoms with van der Waals surface area (Å²) in [6.45, 7) is 2.44. The number of hydrogen-bond acceptors (Lipinski definition) is 4. The second-order valence-electron chi connectivity index (χ2n) is 6.99. The van der Waals surface area contributed by atoms with Crippen LogP contribution in [0, 0.1) is 0 Å². The Labute approximate surface area is 179 Å². The molecule has 2 heterocycles. The van der Waals surface area contributed by atoms with Gasteiger partial charge in [0.15, 0.2) is 0 Å². The molecule has 30 heavy (non-hydrogen) atoms. The Kier molecular flexibility index (Phi) is 6.11. The molecule has 1 aliphatic rings. The molecule has 4 rings (SSSR count). The highest BCUT2D eigenvalue weighted by molar-refractivity contribution is 6.30. The van der Waals surface area contributed by atoms with Gasteiger partial charge in [0.05, 0.1) is 25.3 Å². The highest BCUT2D eigenvalue weighted by atomic mass is 35.5. The van der Waals surface area contributed by atoms with Crippen LogP contribution in [-0.4, -0.2) is 53.2 Å². The number of rotatable bonds is 5. The fourth-order valence-corrected chi connectivity index (χ4v) is 3.34.